The number of benzene rings is 1. The highest BCUT2D eigenvalue weighted by Gasteiger charge is 2.18. The van der Waals surface area contributed by atoms with Crippen molar-refractivity contribution < 1.29 is 9.84 Å². The van der Waals surface area contributed by atoms with E-state index in [-0.39, 0.29) is 18.6 Å². The normalized spacial score (nSPS) is 14.8. The van der Waals surface area contributed by atoms with Crippen molar-refractivity contribution >= 4 is 0 Å². The van der Waals surface area contributed by atoms with Gasteiger partial charge >= 0.3 is 0 Å². The molecule has 3 nitrogen and oxygen atoms in total. The number of methoxy groups -OCH3 is 1. The van der Waals surface area contributed by atoms with Crippen LogP contribution in [0.4, 0.5) is 0 Å². The zero-order valence-corrected chi connectivity index (χ0v) is 10.0. The number of hydrogen-bond acceptors (Lipinski definition) is 3. The summed E-state index contributed by atoms with van der Waals surface area (Å²) in [5.41, 5.74) is 8.31. The van der Waals surface area contributed by atoms with Gasteiger partial charge in [-0.3, -0.25) is 0 Å². The van der Waals surface area contributed by atoms with Gasteiger partial charge in [-0.1, -0.05) is 24.3 Å². The van der Waals surface area contributed by atoms with Crippen molar-refractivity contribution in [1.82, 2.24) is 0 Å². The Morgan fingerprint density at radius 1 is 1.38 bits per heavy atom. The molecule has 3 heteroatoms. The molecule has 1 rings (SSSR count). The first-order chi connectivity index (χ1) is 7.70. The van der Waals surface area contributed by atoms with Crippen molar-refractivity contribution in [3.63, 3.8) is 0 Å². The summed E-state index contributed by atoms with van der Waals surface area (Å²) in [6.45, 7) is 2.72. The van der Waals surface area contributed by atoms with E-state index in [0.717, 1.165) is 5.56 Å². The molecule has 0 heterocycles. The smallest absolute Gasteiger partial charge is 0.0715 e. The van der Waals surface area contributed by atoms with Crippen LogP contribution < -0.4 is 5.73 Å². The minimum Gasteiger partial charge on any atom is -0.396 e. The van der Waals surface area contributed by atoms with Crippen LogP contribution in [-0.4, -0.2) is 24.9 Å². The summed E-state index contributed by atoms with van der Waals surface area (Å²) >= 11 is 0. The van der Waals surface area contributed by atoms with Gasteiger partial charge < -0.3 is 15.6 Å². The van der Waals surface area contributed by atoms with Crippen LogP contribution in [0.25, 0.3) is 0 Å². The number of nitrogens with two attached hydrogens (primary N) is 1. The standard InChI is InChI=1S/C13H21NO2/c1-10(14)12(7-8-15)13-6-4-3-5-11(13)9-16-2/h3-6,10,12,15H,7-9,14H2,1-2H3. The van der Waals surface area contributed by atoms with E-state index in [1.54, 1.807) is 7.11 Å². The molecule has 0 aromatic heterocycles. The molecular formula is C13H21NO2. The second kappa shape index (κ2) is 6.63. The summed E-state index contributed by atoms with van der Waals surface area (Å²) in [5, 5.41) is 9.08. The second-order valence-corrected chi connectivity index (χ2v) is 4.11. The maximum atomic E-state index is 9.08. The lowest BCUT2D eigenvalue weighted by Crippen LogP contribution is -2.26. The molecular weight excluding hydrogens is 202 g/mol. The van der Waals surface area contributed by atoms with E-state index in [9.17, 15) is 0 Å². The number of ether oxygens (including phenoxy) is 1. The molecule has 0 aliphatic heterocycles. The summed E-state index contributed by atoms with van der Waals surface area (Å²) < 4.78 is 5.17. The van der Waals surface area contributed by atoms with Gasteiger partial charge in [0.1, 0.15) is 0 Å². The Balaban J connectivity index is 2.97. The fourth-order valence-electron chi connectivity index (χ4n) is 2.02. The van der Waals surface area contributed by atoms with E-state index < -0.39 is 0 Å². The highest BCUT2D eigenvalue weighted by Crippen LogP contribution is 2.26. The highest BCUT2D eigenvalue weighted by molar-refractivity contribution is 5.31. The Bertz CT molecular complexity index is 313. The molecule has 90 valence electrons. The Morgan fingerprint density at radius 3 is 2.62 bits per heavy atom. The Labute approximate surface area is 97.2 Å². The quantitative estimate of drug-likeness (QED) is 0.771. The minimum absolute atomic E-state index is 0.0326. The van der Waals surface area contributed by atoms with Crippen molar-refractivity contribution in [3.05, 3.63) is 35.4 Å². The van der Waals surface area contributed by atoms with Gasteiger partial charge in [0.15, 0.2) is 0 Å². The highest BCUT2D eigenvalue weighted by atomic mass is 16.5. The van der Waals surface area contributed by atoms with Crippen LogP contribution in [0, 0.1) is 0 Å². The van der Waals surface area contributed by atoms with Gasteiger partial charge in [0.2, 0.25) is 0 Å². The van der Waals surface area contributed by atoms with Crippen molar-refractivity contribution in [2.24, 2.45) is 5.73 Å². The first kappa shape index (κ1) is 13.2. The van der Waals surface area contributed by atoms with Crippen molar-refractivity contribution in [2.75, 3.05) is 13.7 Å². The number of hydrogen-bond donors (Lipinski definition) is 2. The molecule has 0 aliphatic rings. The zero-order valence-electron chi connectivity index (χ0n) is 10.0. The van der Waals surface area contributed by atoms with E-state index in [1.165, 1.54) is 5.56 Å². The lowest BCUT2D eigenvalue weighted by atomic mass is 9.87. The fourth-order valence-corrected chi connectivity index (χ4v) is 2.02. The van der Waals surface area contributed by atoms with Crippen LogP contribution in [0.2, 0.25) is 0 Å². The number of rotatable bonds is 6. The average molecular weight is 223 g/mol. The summed E-state index contributed by atoms with van der Waals surface area (Å²) in [5.74, 6) is 0.191. The molecule has 2 atom stereocenters. The summed E-state index contributed by atoms with van der Waals surface area (Å²) in [7, 11) is 1.68. The minimum atomic E-state index is 0.0326. The van der Waals surface area contributed by atoms with Crippen LogP contribution in [0.3, 0.4) is 0 Å². The first-order valence-electron chi connectivity index (χ1n) is 5.63. The monoisotopic (exact) mass is 223 g/mol. The maximum absolute atomic E-state index is 9.08. The summed E-state index contributed by atoms with van der Waals surface area (Å²) in [6, 6.07) is 8.14. The van der Waals surface area contributed by atoms with Crippen LogP contribution in [-0.2, 0) is 11.3 Å². The molecule has 0 saturated heterocycles. The van der Waals surface area contributed by atoms with Gasteiger partial charge in [0.25, 0.3) is 0 Å². The predicted octanol–water partition coefficient (Wildman–Crippen LogP) is 1.65. The molecule has 1 aromatic carbocycles. The van der Waals surface area contributed by atoms with Crippen LogP contribution in [0.5, 0.6) is 0 Å². The third-order valence-electron chi connectivity index (χ3n) is 2.83. The third-order valence-corrected chi connectivity index (χ3v) is 2.83. The SMILES string of the molecule is COCc1ccccc1C(CCO)C(C)N. The maximum Gasteiger partial charge on any atom is 0.0715 e. The number of aliphatic hydroxyl groups is 1. The third kappa shape index (κ3) is 3.30. The molecule has 0 saturated carbocycles. The summed E-state index contributed by atoms with van der Waals surface area (Å²) in [4.78, 5) is 0. The molecule has 1 aromatic rings. The van der Waals surface area contributed by atoms with Gasteiger partial charge in [-0.2, -0.15) is 0 Å². The van der Waals surface area contributed by atoms with Gasteiger partial charge in [-0.15, -0.1) is 0 Å². The topological polar surface area (TPSA) is 55.5 Å². The largest absolute Gasteiger partial charge is 0.396 e. The van der Waals surface area contributed by atoms with E-state index in [0.29, 0.717) is 13.0 Å². The van der Waals surface area contributed by atoms with Gasteiger partial charge in [-0.05, 0) is 24.5 Å². The zero-order chi connectivity index (χ0) is 12.0. The van der Waals surface area contributed by atoms with Gasteiger partial charge in [0.05, 0.1) is 6.61 Å². The van der Waals surface area contributed by atoms with Crippen molar-refractivity contribution in [1.29, 1.82) is 0 Å². The Morgan fingerprint density at radius 2 is 2.06 bits per heavy atom. The molecule has 0 aliphatic carbocycles. The lowest BCUT2D eigenvalue weighted by molar-refractivity contribution is 0.183. The van der Waals surface area contributed by atoms with Crippen LogP contribution in [0.1, 0.15) is 30.4 Å². The molecule has 0 spiro atoms. The first-order valence-corrected chi connectivity index (χ1v) is 5.63. The molecule has 16 heavy (non-hydrogen) atoms. The van der Waals surface area contributed by atoms with Crippen LogP contribution in [0.15, 0.2) is 24.3 Å². The van der Waals surface area contributed by atoms with E-state index in [2.05, 4.69) is 6.07 Å². The van der Waals surface area contributed by atoms with E-state index >= 15 is 0 Å². The molecule has 0 bridgehead atoms. The molecule has 3 N–H and O–H groups in total. The molecule has 0 amide bonds. The van der Waals surface area contributed by atoms with Crippen molar-refractivity contribution in [2.45, 2.75) is 31.9 Å². The van der Waals surface area contributed by atoms with Crippen LogP contribution >= 0.6 is 0 Å². The fraction of sp³-hybridized carbons (Fsp3) is 0.538. The Hall–Kier alpha value is -0.900. The van der Waals surface area contributed by atoms with Crippen molar-refractivity contribution in [3.8, 4) is 0 Å². The van der Waals surface area contributed by atoms with Gasteiger partial charge in [-0.25, -0.2) is 0 Å². The Kier molecular flexibility index (Phi) is 5.46. The van der Waals surface area contributed by atoms with E-state index in [4.69, 9.17) is 15.6 Å². The average Bonchev–Trinajstić information content (AvgIpc) is 2.27. The number of aliphatic hydroxyl groups excluding tert-OH is 1. The molecule has 2 unspecified atom stereocenters. The molecule has 0 fully saturated rings. The summed E-state index contributed by atoms with van der Waals surface area (Å²) in [6.07, 6.45) is 0.693. The lowest BCUT2D eigenvalue weighted by Gasteiger charge is -2.23. The predicted molar refractivity (Wildman–Crippen MR) is 65.2 cm³/mol. The second-order valence-electron chi connectivity index (χ2n) is 4.11. The molecule has 0 radical (unpaired) electrons. The van der Waals surface area contributed by atoms with E-state index in [1.807, 2.05) is 25.1 Å². The van der Waals surface area contributed by atoms with Gasteiger partial charge in [0, 0.05) is 25.7 Å².